The number of aliphatic imine (C=N–C) groups is 1. The van der Waals surface area contributed by atoms with E-state index in [1.54, 1.807) is 12.3 Å². The number of thiocarbonyl (C=S) groups is 1. The maximum absolute atomic E-state index is 11.5. The lowest BCUT2D eigenvalue weighted by Crippen LogP contribution is -1.97. The number of methoxy groups -OCH3 is 1. The number of fused-ring (bicyclic) bond motifs is 1. The fraction of sp³-hybridized carbons (Fsp3) is 0.100. The van der Waals surface area contributed by atoms with Crippen LogP contribution in [0.3, 0.4) is 0 Å². The Morgan fingerprint density at radius 3 is 3.19 bits per heavy atom. The summed E-state index contributed by atoms with van der Waals surface area (Å²) in [5.74, 6) is -0.438. The molecule has 0 atom stereocenters. The number of carbonyl (C=O) groups is 1. The minimum atomic E-state index is -0.438. The largest absolute Gasteiger partial charge is 0.465 e. The van der Waals surface area contributed by atoms with Crippen LogP contribution in [-0.4, -0.2) is 23.2 Å². The van der Waals surface area contributed by atoms with Crippen LogP contribution >= 0.6 is 23.6 Å². The SMILES string of the molecule is COC(=O)c1sc2ncccc2c1N=C=S. The fourth-order valence-corrected chi connectivity index (χ4v) is 2.40. The van der Waals surface area contributed by atoms with Crippen LogP contribution in [0.2, 0.25) is 0 Å². The molecule has 0 aromatic carbocycles. The van der Waals surface area contributed by atoms with Crippen molar-refractivity contribution in [2.45, 2.75) is 0 Å². The number of thiophene rings is 1. The quantitative estimate of drug-likeness (QED) is 0.467. The lowest BCUT2D eigenvalue weighted by atomic mass is 10.2. The summed E-state index contributed by atoms with van der Waals surface area (Å²) in [6.07, 6.45) is 1.66. The Labute approximate surface area is 101 Å². The molecule has 16 heavy (non-hydrogen) atoms. The highest BCUT2D eigenvalue weighted by molar-refractivity contribution is 7.78. The van der Waals surface area contributed by atoms with Crippen LogP contribution in [0.15, 0.2) is 23.3 Å². The van der Waals surface area contributed by atoms with E-state index in [4.69, 9.17) is 0 Å². The third-order valence-electron chi connectivity index (χ3n) is 1.97. The van der Waals surface area contributed by atoms with E-state index in [0.29, 0.717) is 10.6 Å². The molecule has 0 fully saturated rings. The average molecular weight is 250 g/mol. The third-order valence-corrected chi connectivity index (χ3v) is 3.14. The van der Waals surface area contributed by atoms with Gasteiger partial charge in [0.2, 0.25) is 0 Å². The lowest BCUT2D eigenvalue weighted by molar-refractivity contribution is 0.0607. The molecule has 0 radical (unpaired) electrons. The van der Waals surface area contributed by atoms with Gasteiger partial charge >= 0.3 is 5.97 Å². The first-order chi connectivity index (χ1) is 7.77. The molecule has 0 aliphatic heterocycles. The van der Waals surface area contributed by atoms with Gasteiger partial charge in [0, 0.05) is 11.6 Å². The van der Waals surface area contributed by atoms with Crippen molar-refractivity contribution in [3.63, 3.8) is 0 Å². The summed E-state index contributed by atoms with van der Waals surface area (Å²) < 4.78 is 4.67. The highest BCUT2D eigenvalue weighted by Gasteiger charge is 2.18. The third kappa shape index (κ3) is 1.74. The summed E-state index contributed by atoms with van der Waals surface area (Å²) >= 11 is 5.79. The van der Waals surface area contributed by atoms with Crippen molar-refractivity contribution in [1.29, 1.82) is 0 Å². The highest BCUT2D eigenvalue weighted by Crippen LogP contribution is 2.36. The summed E-state index contributed by atoms with van der Waals surface area (Å²) in [5.41, 5.74) is 0.481. The molecule has 80 valence electrons. The number of esters is 1. The van der Waals surface area contributed by atoms with Crippen LogP contribution in [-0.2, 0) is 4.74 Å². The van der Waals surface area contributed by atoms with E-state index in [1.807, 2.05) is 6.07 Å². The predicted molar refractivity (Wildman–Crippen MR) is 65.6 cm³/mol. The second kappa shape index (κ2) is 4.49. The smallest absolute Gasteiger partial charge is 0.350 e. The molecule has 6 heteroatoms. The van der Waals surface area contributed by atoms with E-state index in [-0.39, 0.29) is 0 Å². The molecular formula is C10H6N2O2S2. The van der Waals surface area contributed by atoms with Crippen LogP contribution in [0.25, 0.3) is 10.2 Å². The van der Waals surface area contributed by atoms with E-state index < -0.39 is 5.97 Å². The van der Waals surface area contributed by atoms with Gasteiger partial charge in [-0.1, -0.05) is 0 Å². The zero-order chi connectivity index (χ0) is 11.5. The van der Waals surface area contributed by atoms with Gasteiger partial charge in [0.05, 0.1) is 12.3 Å². The van der Waals surface area contributed by atoms with Gasteiger partial charge < -0.3 is 4.74 Å². The van der Waals surface area contributed by atoms with Gasteiger partial charge in [-0.15, -0.1) is 11.3 Å². The molecule has 0 amide bonds. The van der Waals surface area contributed by atoms with Crippen molar-refractivity contribution in [3.8, 4) is 0 Å². The summed E-state index contributed by atoms with van der Waals surface area (Å²) in [6.45, 7) is 0. The molecule has 0 bridgehead atoms. The number of pyridine rings is 1. The van der Waals surface area contributed by atoms with Gasteiger partial charge in [-0.05, 0) is 24.4 Å². The van der Waals surface area contributed by atoms with Crippen LogP contribution in [0.5, 0.6) is 0 Å². The normalized spacial score (nSPS) is 9.81. The number of nitrogens with zero attached hydrogens (tertiary/aromatic N) is 2. The van der Waals surface area contributed by atoms with E-state index in [2.05, 4.69) is 32.1 Å². The van der Waals surface area contributed by atoms with E-state index in [1.165, 1.54) is 18.4 Å². The summed E-state index contributed by atoms with van der Waals surface area (Å²) in [7, 11) is 1.32. The second-order valence-corrected chi connectivity index (χ2v) is 4.01. The van der Waals surface area contributed by atoms with Gasteiger partial charge in [-0.2, -0.15) is 4.99 Å². The molecule has 0 saturated carbocycles. The number of hydrogen-bond acceptors (Lipinski definition) is 6. The van der Waals surface area contributed by atoms with Crippen molar-refractivity contribution in [2.24, 2.45) is 4.99 Å². The number of rotatable bonds is 2. The van der Waals surface area contributed by atoms with Crippen LogP contribution in [0, 0.1) is 0 Å². The molecule has 0 aliphatic rings. The number of carbonyl (C=O) groups excluding carboxylic acids is 1. The van der Waals surface area contributed by atoms with E-state index >= 15 is 0 Å². The standard InChI is InChI=1S/C10H6N2O2S2/c1-14-10(13)8-7(12-5-15)6-3-2-4-11-9(6)16-8/h2-4H,1H3. The molecule has 0 spiro atoms. The monoisotopic (exact) mass is 250 g/mol. The summed E-state index contributed by atoms with van der Waals surface area (Å²) in [5, 5.41) is 3.04. The maximum Gasteiger partial charge on any atom is 0.350 e. The molecule has 2 heterocycles. The average Bonchev–Trinajstić information content (AvgIpc) is 2.68. The zero-order valence-corrected chi connectivity index (χ0v) is 9.89. The Kier molecular flexibility index (Phi) is 3.05. The minimum absolute atomic E-state index is 0.397. The predicted octanol–water partition coefficient (Wildman–Crippen LogP) is 2.82. The second-order valence-electron chi connectivity index (χ2n) is 2.83. The molecular weight excluding hydrogens is 244 g/mol. The van der Waals surface area contributed by atoms with Crippen LogP contribution in [0.4, 0.5) is 5.69 Å². The van der Waals surface area contributed by atoms with E-state index in [9.17, 15) is 4.79 Å². The van der Waals surface area contributed by atoms with Crippen LogP contribution < -0.4 is 0 Å². The van der Waals surface area contributed by atoms with Crippen molar-refractivity contribution in [2.75, 3.05) is 7.11 Å². The van der Waals surface area contributed by atoms with Crippen molar-refractivity contribution >= 4 is 50.6 Å². The minimum Gasteiger partial charge on any atom is -0.465 e. The first-order valence-electron chi connectivity index (χ1n) is 4.31. The Balaban J connectivity index is 2.77. The van der Waals surface area contributed by atoms with Crippen molar-refractivity contribution < 1.29 is 9.53 Å². The van der Waals surface area contributed by atoms with Crippen molar-refractivity contribution in [1.82, 2.24) is 4.98 Å². The molecule has 2 aromatic rings. The Hall–Kier alpha value is -1.62. The highest BCUT2D eigenvalue weighted by atomic mass is 32.1. The van der Waals surface area contributed by atoms with Crippen LogP contribution in [0.1, 0.15) is 9.67 Å². The molecule has 0 unspecified atom stereocenters. The first kappa shape index (κ1) is 10.9. The summed E-state index contributed by atoms with van der Waals surface area (Å²) in [6, 6.07) is 3.61. The van der Waals surface area contributed by atoms with Gasteiger partial charge in [0.15, 0.2) is 0 Å². The Morgan fingerprint density at radius 1 is 1.69 bits per heavy atom. The van der Waals surface area contributed by atoms with Crippen molar-refractivity contribution in [3.05, 3.63) is 23.2 Å². The van der Waals surface area contributed by atoms with Gasteiger partial charge in [0.25, 0.3) is 0 Å². The molecule has 4 nitrogen and oxygen atoms in total. The lowest BCUT2D eigenvalue weighted by Gasteiger charge is -1.95. The number of hydrogen-bond donors (Lipinski definition) is 0. The van der Waals surface area contributed by atoms with E-state index in [0.717, 1.165) is 10.2 Å². The first-order valence-corrected chi connectivity index (χ1v) is 5.54. The van der Waals surface area contributed by atoms with Gasteiger partial charge in [-0.25, -0.2) is 9.78 Å². The number of aromatic nitrogens is 1. The molecule has 0 N–H and O–H groups in total. The van der Waals surface area contributed by atoms with Gasteiger partial charge in [0.1, 0.15) is 15.4 Å². The Bertz CT molecular complexity index is 600. The Morgan fingerprint density at radius 2 is 2.50 bits per heavy atom. The van der Waals surface area contributed by atoms with Gasteiger partial charge in [-0.3, -0.25) is 0 Å². The fourth-order valence-electron chi connectivity index (χ4n) is 1.31. The molecule has 0 aliphatic carbocycles. The molecule has 2 aromatic heterocycles. The zero-order valence-electron chi connectivity index (χ0n) is 8.26. The summed E-state index contributed by atoms with van der Waals surface area (Å²) in [4.78, 5) is 20.7. The number of ether oxygens (including phenoxy) is 1. The topological polar surface area (TPSA) is 51.5 Å². The maximum atomic E-state index is 11.5. The molecule has 0 saturated heterocycles. The molecule has 2 rings (SSSR count). The number of isothiocyanates is 1.